The van der Waals surface area contributed by atoms with E-state index in [0.29, 0.717) is 18.0 Å². The van der Waals surface area contributed by atoms with Gasteiger partial charge in [0.15, 0.2) is 0 Å². The molecule has 1 N–H and O–H groups in total. The lowest BCUT2D eigenvalue weighted by atomic mass is 10.2. The van der Waals surface area contributed by atoms with Crippen LogP contribution in [0.5, 0.6) is 5.75 Å². The topological polar surface area (TPSA) is 103 Å². The molecule has 9 heteroatoms. The van der Waals surface area contributed by atoms with Gasteiger partial charge in [0.25, 0.3) is 10.2 Å². The van der Waals surface area contributed by atoms with Gasteiger partial charge in [-0.25, -0.2) is 0 Å². The highest BCUT2D eigenvalue weighted by atomic mass is 32.2. The summed E-state index contributed by atoms with van der Waals surface area (Å²) in [5.41, 5.74) is 1.54. The molecular formula is C19H22N4O4S. The molecule has 0 bridgehead atoms. The summed E-state index contributed by atoms with van der Waals surface area (Å²) >= 11 is 0. The van der Waals surface area contributed by atoms with E-state index in [4.69, 9.17) is 10.00 Å². The van der Waals surface area contributed by atoms with E-state index in [0.717, 1.165) is 14.2 Å². The molecule has 2 rings (SSSR count). The van der Waals surface area contributed by atoms with Gasteiger partial charge < -0.3 is 10.1 Å². The molecule has 2 aromatic rings. The predicted octanol–water partition coefficient (Wildman–Crippen LogP) is 1.84. The van der Waals surface area contributed by atoms with Crippen molar-refractivity contribution in [3.05, 3.63) is 60.2 Å². The zero-order chi connectivity index (χ0) is 20.6. The molecule has 0 saturated carbocycles. The summed E-state index contributed by atoms with van der Waals surface area (Å²) < 4.78 is 31.7. The molecule has 0 spiro atoms. The van der Waals surface area contributed by atoms with E-state index >= 15 is 0 Å². The van der Waals surface area contributed by atoms with Gasteiger partial charge in [0.1, 0.15) is 18.9 Å². The largest absolute Gasteiger partial charge is 0.489 e. The summed E-state index contributed by atoms with van der Waals surface area (Å²) in [5.74, 6) is 0.0989. The first-order valence-electron chi connectivity index (χ1n) is 8.44. The highest BCUT2D eigenvalue weighted by Gasteiger charge is 2.26. The van der Waals surface area contributed by atoms with Gasteiger partial charge in [0.05, 0.1) is 12.6 Å². The minimum Gasteiger partial charge on any atom is -0.489 e. The Kier molecular flexibility index (Phi) is 7.52. The van der Waals surface area contributed by atoms with E-state index in [9.17, 15) is 13.2 Å². The number of ether oxygens (including phenoxy) is 1. The molecule has 0 fully saturated rings. The molecule has 148 valence electrons. The second-order valence-corrected chi connectivity index (χ2v) is 8.21. The van der Waals surface area contributed by atoms with Crippen molar-refractivity contribution in [1.29, 1.82) is 5.26 Å². The van der Waals surface area contributed by atoms with E-state index < -0.39 is 29.2 Å². The molecule has 0 aromatic heterocycles. The van der Waals surface area contributed by atoms with Crippen LogP contribution in [0.2, 0.25) is 0 Å². The second kappa shape index (κ2) is 9.85. The quantitative estimate of drug-likeness (QED) is 0.645. The van der Waals surface area contributed by atoms with Crippen molar-refractivity contribution in [2.24, 2.45) is 0 Å². The van der Waals surface area contributed by atoms with Crippen LogP contribution in [0.3, 0.4) is 0 Å². The van der Waals surface area contributed by atoms with Crippen molar-refractivity contribution in [2.45, 2.75) is 6.61 Å². The van der Waals surface area contributed by atoms with Crippen LogP contribution < -0.4 is 10.1 Å². The molecule has 0 radical (unpaired) electrons. The average Bonchev–Trinajstić information content (AvgIpc) is 2.67. The van der Waals surface area contributed by atoms with Crippen LogP contribution in [0.1, 0.15) is 5.56 Å². The maximum Gasteiger partial charge on any atom is 0.282 e. The summed E-state index contributed by atoms with van der Waals surface area (Å²) in [6, 6.07) is 18.2. The number of rotatable bonds is 9. The first-order chi connectivity index (χ1) is 13.3. The van der Waals surface area contributed by atoms with Crippen molar-refractivity contribution in [2.75, 3.05) is 32.5 Å². The Morgan fingerprint density at radius 2 is 1.75 bits per heavy atom. The molecule has 0 aliphatic carbocycles. The number of benzene rings is 2. The summed E-state index contributed by atoms with van der Waals surface area (Å²) in [6.45, 7) is -0.446. The number of carbonyl (C=O) groups is 1. The average molecular weight is 402 g/mol. The number of nitrogens with one attached hydrogen (secondary N) is 1. The first-order valence-corrected chi connectivity index (χ1v) is 9.84. The number of hydrogen-bond donors (Lipinski definition) is 1. The Balaban J connectivity index is 1.93. The molecule has 28 heavy (non-hydrogen) atoms. The summed E-state index contributed by atoms with van der Waals surface area (Å²) in [7, 11) is -1.19. The van der Waals surface area contributed by atoms with Crippen LogP contribution in [0.4, 0.5) is 5.69 Å². The normalized spacial score (nSPS) is 11.2. The van der Waals surface area contributed by atoms with Crippen LogP contribution in [-0.4, -0.2) is 50.1 Å². The van der Waals surface area contributed by atoms with Crippen molar-refractivity contribution in [3.63, 3.8) is 0 Å². The Morgan fingerprint density at radius 3 is 2.32 bits per heavy atom. The zero-order valence-electron chi connectivity index (χ0n) is 15.7. The fraction of sp³-hybridized carbons (Fsp3) is 0.263. The number of anilines is 1. The molecular weight excluding hydrogens is 380 g/mol. The number of nitrogens with zero attached hydrogens (tertiary/aromatic N) is 3. The number of amides is 1. The molecule has 8 nitrogen and oxygen atoms in total. The standard InChI is InChI=1S/C19H22N4O4S/c1-22(2)28(25,26)23(13-12-20)14-19(24)21-17-8-10-18(11-9-17)27-15-16-6-4-3-5-7-16/h3-11H,13-15H2,1-2H3,(H,21,24). The van der Waals surface area contributed by atoms with Crippen LogP contribution in [-0.2, 0) is 21.6 Å². The van der Waals surface area contributed by atoms with Crippen LogP contribution in [0.15, 0.2) is 54.6 Å². The van der Waals surface area contributed by atoms with Gasteiger partial charge in [-0.15, -0.1) is 0 Å². The first kappa shape index (κ1) is 21.4. The zero-order valence-corrected chi connectivity index (χ0v) is 16.5. The summed E-state index contributed by atoms with van der Waals surface area (Å²) in [5, 5.41) is 11.4. The molecule has 0 saturated heterocycles. The third-order valence-electron chi connectivity index (χ3n) is 3.74. The molecule has 0 aliphatic rings. The lowest BCUT2D eigenvalue weighted by Gasteiger charge is -2.22. The summed E-state index contributed by atoms with van der Waals surface area (Å²) in [6.07, 6.45) is 0. The summed E-state index contributed by atoms with van der Waals surface area (Å²) in [4.78, 5) is 12.2. The van der Waals surface area contributed by atoms with Gasteiger partial charge in [0, 0.05) is 19.8 Å². The monoisotopic (exact) mass is 402 g/mol. The van der Waals surface area contributed by atoms with Crippen molar-refractivity contribution < 1.29 is 17.9 Å². The van der Waals surface area contributed by atoms with Gasteiger partial charge in [0.2, 0.25) is 5.91 Å². The fourth-order valence-electron chi connectivity index (χ4n) is 2.26. The third kappa shape index (κ3) is 6.06. The minimum atomic E-state index is -3.87. The number of carbonyl (C=O) groups excluding carboxylic acids is 1. The second-order valence-electron chi connectivity index (χ2n) is 6.06. The van der Waals surface area contributed by atoms with Crippen molar-refractivity contribution >= 4 is 21.8 Å². The lowest BCUT2D eigenvalue weighted by Crippen LogP contribution is -2.44. The van der Waals surface area contributed by atoms with E-state index in [2.05, 4.69) is 5.32 Å². The predicted molar refractivity (Wildman–Crippen MR) is 106 cm³/mol. The Morgan fingerprint density at radius 1 is 1.11 bits per heavy atom. The van der Waals surface area contributed by atoms with Crippen molar-refractivity contribution in [1.82, 2.24) is 8.61 Å². The van der Waals surface area contributed by atoms with Gasteiger partial charge >= 0.3 is 0 Å². The molecule has 0 unspecified atom stereocenters. The maximum absolute atomic E-state index is 12.2. The van der Waals surface area contributed by atoms with Crippen LogP contribution >= 0.6 is 0 Å². The van der Waals surface area contributed by atoms with Gasteiger partial charge in [-0.3, -0.25) is 4.79 Å². The van der Waals surface area contributed by atoms with Crippen LogP contribution in [0.25, 0.3) is 0 Å². The Hall–Kier alpha value is -2.93. The van der Waals surface area contributed by atoms with Gasteiger partial charge in [-0.1, -0.05) is 30.3 Å². The SMILES string of the molecule is CN(C)S(=O)(=O)N(CC#N)CC(=O)Nc1ccc(OCc2ccccc2)cc1. The third-order valence-corrected chi connectivity index (χ3v) is 5.57. The van der Waals surface area contributed by atoms with E-state index in [-0.39, 0.29) is 0 Å². The van der Waals surface area contributed by atoms with E-state index in [1.165, 1.54) is 14.1 Å². The van der Waals surface area contributed by atoms with Crippen LogP contribution in [0, 0.1) is 11.3 Å². The van der Waals surface area contributed by atoms with Gasteiger partial charge in [-0.05, 0) is 29.8 Å². The highest BCUT2D eigenvalue weighted by Crippen LogP contribution is 2.17. The molecule has 2 aromatic carbocycles. The molecule has 0 atom stereocenters. The molecule has 0 heterocycles. The highest BCUT2D eigenvalue weighted by molar-refractivity contribution is 7.86. The Bertz CT molecular complexity index is 923. The van der Waals surface area contributed by atoms with E-state index in [1.54, 1.807) is 30.3 Å². The molecule has 1 amide bonds. The lowest BCUT2D eigenvalue weighted by molar-refractivity contribution is -0.116. The number of hydrogen-bond acceptors (Lipinski definition) is 5. The number of nitriles is 1. The van der Waals surface area contributed by atoms with E-state index in [1.807, 2.05) is 30.3 Å². The Labute approximate surface area is 165 Å². The van der Waals surface area contributed by atoms with Crippen molar-refractivity contribution in [3.8, 4) is 11.8 Å². The van der Waals surface area contributed by atoms with Gasteiger partial charge in [-0.2, -0.15) is 22.3 Å². The molecule has 0 aliphatic heterocycles. The maximum atomic E-state index is 12.2. The minimum absolute atomic E-state index is 0.416. The smallest absolute Gasteiger partial charge is 0.282 e. The fourth-order valence-corrected chi connectivity index (χ4v) is 3.23.